The molecular weight excluding hydrogens is 625 g/mol. The number of fused-ring (bicyclic) bond motifs is 9. The van der Waals surface area contributed by atoms with E-state index in [9.17, 15) is 0 Å². The molecular formula is C47H28N2O2. The summed E-state index contributed by atoms with van der Waals surface area (Å²) in [5, 5.41) is 11.5. The van der Waals surface area contributed by atoms with Crippen LogP contribution >= 0.6 is 0 Å². The first-order valence-electron chi connectivity index (χ1n) is 17.2. The molecule has 0 saturated carbocycles. The monoisotopic (exact) mass is 652 g/mol. The molecule has 0 atom stereocenters. The topological polar surface area (TPSA) is 42.4 Å². The molecule has 0 saturated heterocycles. The van der Waals surface area contributed by atoms with Crippen molar-refractivity contribution in [2.75, 3.05) is 4.90 Å². The van der Waals surface area contributed by atoms with Gasteiger partial charge < -0.3 is 13.7 Å². The highest BCUT2D eigenvalue weighted by atomic mass is 16.3. The van der Waals surface area contributed by atoms with E-state index in [1.54, 1.807) is 0 Å². The fourth-order valence-corrected chi connectivity index (χ4v) is 7.65. The van der Waals surface area contributed by atoms with Gasteiger partial charge in [-0.2, -0.15) is 0 Å². The van der Waals surface area contributed by atoms with Crippen LogP contribution in [0.25, 0.3) is 87.5 Å². The predicted molar refractivity (Wildman–Crippen MR) is 211 cm³/mol. The number of furan rings is 2. The second-order valence-electron chi connectivity index (χ2n) is 13.3. The van der Waals surface area contributed by atoms with E-state index in [2.05, 4.69) is 163 Å². The third kappa shape index (κ3) is 4.50. The van der Waals surface area contributed by atoms with Gasteiger partial charge in [0.1, 0.15) is 22.3 Å². The van der Waals surface area contributed by atoms with Crippen molar-refractivity contribution in [1.82, 2.24) is 4.98 Å². The minimum absolute atomic E-state index is 0.844. The van der Waals surface area contributed by atoms with E-state index >= 15 is 0 Å². The molecule has 0 spiro atoms. The molecule has 0 aliphatic carbocycles. The molecule has 3 heterocycles. The van der Waals surface area contributed by atoms with Crippen molar-refractivity contribution in [3.05, 3.63) is 170 Å². The van der Waals surface area contributed by atoms with Crippen LogP contribution in [0, 0.1) is 0 Å². The van der Waals surface area contributed by atoms with Gasteiger partial charge in [-0.1, -0.05) is 84.9 Å². The van der Waals surface area contributed by atoms with Crippen LogP contribution in [-0.2, 0) is 0 Å². The summed E-state index contributed by atoms with van der Waals surface area (Å²) in [7, 11) is 0. The number of pyridine rings is 1. The maximum absolute atomic E-state index is 6.53. The van der Waals surface area contributed by atoms with E-state index in [1.165, 1.54) is 26.9 Å². The molecule has 4 nitrogen and oxygen atoms in total. The smallest absolute Gasteiger partial charge is 0.137 e. The molecule has 51 heavy (non-hydrogen) atoms. The summed E-state index contributed by atoms with van der Waals surface area (Å²) in [5.74, 6) is 0. The summed E-state index contributed by atoms with van der Waals surface area (Å²) in [6.45, 7) is 0. The van der Waals surface area contributed by atoms with Crippen LogP contribution in [0.1, 0.15) is 0 Å². The number of anilines is 3. The van der Waals surface area contributed by atoms with Crippen LogP contribution < -0.4 is 4.90 Å². The summed E-state index contributed by atoms with van der Waals surface area (Å²) in [4.78, 5) is 7.05. The van der Waals surface area contributed by atoms with Crippen molar-refractivity contribution in [2.24, 2.45) is 0 Å². The maximum atomic E-state index is 6.53. The van der Waals surface area contributed by atoms with E-state index < -0.39 is 0 Å². The van der Waals surface area contributed by atoms with Crippen LogP contribution in [0.15, 0.2) is 179 Å². The molecule has 0 N–H and O–H groups in total. The quantitative estimate of drug-likeness (QED) is 0.190. The van der Waals surface area contributed by atoms with Gasteiger partial charge >= 0.3 is 0 Å². The van der Waals surface area contributed by atoms with Gasteiger partial charge in [-0.15, -0.1) is 0 Å². The summed E-state index contributed by atoms with van der Waals surface area (Å²) in [6.07, 6.45) is 1.95. The van der Waals surface area contributed by atoms with E-state index in [1.807, 2.05) is 12.3 Å². The largest absolute Gasteiger partial charge is 0.456 e. The predicted octanol–water partition coefficient (Wildman–Crippen LogP) is 13.5. The molecule has 4 heteroatoms. The number of hydrogen-bond acceptors (Lipinski definition) is 4. The number of hydrogen-bond donors (Lipinski definition) is 0. The summed E-state index contributed by atoms with van der Waals surface area (Å²) < 4.78 is 13.1. The van der Waals surface area contributed by atoms with Crippen molar-refractivity contribution >= 4 is 93.3 Å². The molecule has 3 aromatic heterocycles. The second kappa shape index (κ2) is 10.8. The summed E-state index contributed by atoms with van der Waals surface area (Å²) in [5.41, 5.74) is 8.46. The Hall–Kier alpha value is -6.91. The first-order valence-corrected chi connectivity index (χ1v) is 17.2. The molecule has 0 amide bonds. The van der Waals surface area contributed by atoms with Crippen molar-refractivity contribution < 1.29 is 8.83 Å². The Balaban J connectivity index is 1.07. The lowest BCUT2D eigenvalue weighted by Crippen LogP contribution is -2.09. The SMILES string of the molecule is c1ccc2cc(-c3ccc(N(c4ccc5c(c4)oc4cc6ccccc6cc45)c4ccc5c(c4)oc4cc6ccccc6cc45)cc3)ncc2c1. The van der Waals surface area contributed by atoms with Crippen LogP contribution in [0.5, 0.6) is 0 Å². The molecule has 0 radical (unpaired) electrons. The Morgan fingerprint density at radius 1 is 0.353 bits per heavy atom. The molecule has 0 aliphatic heterocycles. The Morgan fingerprint density at radius 2 is 0.784 bits per heavy atom. The van der Waals surface area contributed by atoms with Crippen LogP contribution in [0.3, 0.4) is 0 Å². The van der Waals surface area contributed by atoms with Crippen molar-refractivity contribution in [2.45, 2.75) is 0 Å². The molecule has 0 fully saturated rings. The first-order chi connectivity index (χ1) is 25.2. The third-order valence-electron chi connectivity index (χ3n) is 10.2. The average Bonchev–Trinajstić information content (AvgIpc) is 3.72. The fourth-order valence-electron chi connectivity index (χ4n) is 7.65. The Morgan fingerprint density at radius 3 is 1.31 bits per heavy atom. The van der Waals surface area contributed by atoms with Gasteiger partial charge in [-0.05, 0) is 93.7 Å². The Kier molecular flexibility index (Phi) is 5.92. The van der Waals surface area contributed by atoms with E-state index in [0.717, 1.165) is 77.6 Å². The van der Waals surface area contributed by atoms with Crippen molar-refractivity contribution in [3.8, 4) is 11.3 Å². The zero-order chi connectivity index (χ0) is 33.5. The number of benzene rings is 8. The highest BCUT2D eigenvalue weighted by Crippen LogP contribution is 2.42. The zero-order valence-corrected chi connectivity index (χ0v) is 27.4. The summed E-state index contributed by atoms with van der Waals surface area (Å²) >= 11 is 0. The van der Waals surface area contributed by atoms with Gasteiger partial charge in [-0.25, -0.2) is 0 Å². The minimum Gasteiger partial charge on any atom is -0.456 e. The maximum Gasteiger partial charge on any atom is 0.137 e. The normalized spacial score (nSPS) is 11.9. The molecule has 238 valence electrons. The van der Waals surface area contributed by atoms with Crippen molar-refractivity contribution in [1.29, 1.82) is 0 Å². The lowest BCUT2D eigenvalue weighted by molar-refractivity contribution is 0.669. The highest BCUT2D eigenvalue weighted by Gasteiger charge is 2.18. The average molecular weight is 653 g/mol. The van der Waals surface area contributed by atoms with Crippen LogP contribution in [-0.4, -0.2) is 4.98 Å². The van der Waals surface area contributed by atoms with Crippen molar-refractivity contribution in [3.63, 3.8) is 0 Å². The van der Waals surface area contributed by atoms with Gasteiger partial charge in [0.2, 0.25) is 0 Å². The van der Waals surface area contributed by atoms with E-state index in [-0.39, 0.29) is 0 Å². The van der Waals surface area contributed by atoms with Gasteiger partial charge in [0.25, 0.3) is 0 Å². The Labute approximate surface area is 292 Å². The first kappa shape index (κ1) is 28.0. The standard InChI is InChI=1S/C47H28N2O2/c1-3-10-33-24-44-41(21-30(33)7-1)39-19-17-37(26-46(39)50-44)49(36-15-13-29(14-16-36)43-23-32-9-5-6-12-35(32)28-48-43)38-18-20-40-42-22-31-8-2-4-11-34(31)25-45(42)51-47(40)27-38/h1-28H. The second-order valence-corrected chi connectivity index (χ2v) is 13.3. The lowest BCUT2D eigenvalue weighted by Gasteiger charge is -2.25. The van der Waals surface area contributed by atoms with Gasteiger partial charge in [0, 0.05) is 67.9 Å². The molecule has 11 aromatic rings. The zero-order valence-electron chi connectivity index (χ0n) is 27.4. The minimum atomic E-state index is 0.844. The molecule has 11 rings (SSSR count). The molecule has 0 aliphatic rings. The van der Waals surface area contributed by atoms with Gasteiger partial charge in [0.15, 0.2) is 0 Å². The lowest BCUT2D eigenvalue weighted by atomic mass is 10.0. The fraction of sp³-hybridized carbons (Fsp3) is 0. The number of nitrogens with zero attached hydrogens (tertiary/aromatic N) is 2. The van der Waals surface area contributed by atoms with Gasteiger partial charge in [0.05, 0.1) is 5.69 Å². The number of rotatable bonds is 4. The Bertz CT molecular complexity index is 3000. The number of aromatic nitrogens is 1. The van der Waals surface area contributed by atoms with E-state index in [4.69, 9.17) is 13.8 Å². The van der Waals surface area contributed by atoms with Crippen LogP contribution in [0.2, 0.25) is 0 Å². The summed E-state index contributed by atoms with van der Waals surface area (Å²) in [6, 6.07) is 57.7. The van der Waals surface area contributed by atoms with Gasteiger partial charge in [-0.3, -0.25) is 4.98 Å². The molecule has 8 aromatic carbocycles. The third-order valence-corrected chi connectivity index (χ3v) is 10.2. The van der Waals surface area contributed by atoms with Crippen LogP contribution in [0.4, 0.5) is 17.1 Å². The van der Waals surface area contributed by atoms with E-state index in [0.29, 0.717) is 0 Å². The molecule has 0 bridgehead atoms. The highest BCUT2D eigenvalue weighted by molar-refractivity contribution is 6.12. The molecule has 0 unspecified atom stereocenters.